The summed E-state index contributed by atoms with van der Waals surface area (Å²) >= 11 is 0. The average molecular weight is 251 g/mol. The van der Waals surface area contributed by atoms with Crippen molar-refractivity contribution in [3.8, 4) is 0 Å². The van der Waals surface area contributed by atoms with Crippen LogP contribution in [0.25, 0.3) is 10.4 Å². The summed E-state index contributed by atoms with van der Waals surface area (Å²) in [5.41, 5.74) is 9.68. The topological polar surface area (TPSA) is 109 Å². The maximum absolute atomic E-state index is 9.87. The fourth-order valence-electron chi connectivity index (χ4n) is 1.63. The van der Waals surface area contributed by atoms with Gasteiger partial charge in [-0.1, -0.05) is 29.4 Å². The van der Waals surface area contributed by atoms with Gasteiger partial charge in [-0.25, -0.2) is 0 Å². The van der Waals surface area contributed by atoms with E-state index < -0.39 is 12.2 Å². The lowest BCUT2D eigenvalue weighted by Gasteiger charge is -2.17. The summed E-state index contributed by atoms with van der Waals surface area (Å²) in [6, 6.07) is 7.03. The van der Waals surface area contributed by atoms with Crippen molar-refractivity contribution in [1.82, 2.24) is 0 Å². The molecule has 2 unspecified atom stereocenters. The van der Waals surface area contributed by atoms with Crippen LogP contribution in [-0.4, -0.2) is 34.6 Å². The molecule has 0 bridgehead atoms. The molecule has 0 aromatic heterocycles. The quantitative estimate of drug-likeness (QED) is 0.386. The molecule has 1 aromatic carbocycles. The Morgan fingerprint density at radius 3 is 2.44 bits per heavy atom. The highest BCUT2D eigenvalue weighted by Gasteiger charge is 2.17. The average Bonchev–Trinajstić information content (AvgIpc) is 2.39. The third-order valence-electron chi connectivity index (χ3n) is 2.67. The zero-order chi connectivity index (χ0) is 13.4. The van der Waals surface area contributed by atoms with E-state index in [-0.39, 0.29) is 19.6 Å². The molecule has 3 N–H and O–H groups in total. The smallest absolute Gasteiger partial charge is 0.105 e. The van der Waals surface area contributed by atoms with Gasteiger partial charge in [0.1, 0.15) is 6.10 Å². The lowest BCUT2D eigenvalue weighted by Crippen LogP contribution is -2.19. The van der Waals surface area contributed by atoms with Crippen LogP contribution in [0.4, 0.5) is 0 Å². The number of hydrogen-bond donors (Lipinski definition) is 3. The first-order valence-electron chi connectivity index (χ1n) is 5.75. The van der Waals surface area contributed by atoms with E-state index in [0.29, 0.717) is 12.0 Å². The second-order valence-electron chi connectivity index (χ2n) is 3.97. The third-order valence-corrected chi connectivity index (χ3v) is 2.67. The normalized spacial score (nSPS) is 13.7. The van der Waals surface area contributed by atoms with Gasteiger partial charge in [0.2, 0.25) is 0 Å². The van der Waals surface area contributed by atoms with E-state index >= 15 is 0 Å². The van der Waals surface area contributed by atoms with Gasteiger partial charge < -0.3 is 15.3 Å². The Morgan fingerprint density at radius 1 is 1.22 bits per heavy atom. The summed E-state index contributed by atoms with van der Waals surface area (Å²) in [6.45, 7) is 0.230. The Bertz CT molecular complexity index is 402. The van der Waals surface area contributed by atoms with Crippen molar-refractivity contribution in [3.05, 3.63) is 45.8 Å². The summed E-state index contributed by atoms with van der Waals surface area (Å²) in [4.78, 5) is 2.58. The third kappa shape index (κ3) is 4.35. The van der Waals surface area contributed by atoms with Gasteiger partial charge in [-0.05, 0) is 29.5 Å². The van der Waals surface area contributed by atoms with Crippen LogP contribution < -0.4 is 0 Å². The van der Waals surface area contributed by atoms with E-state index in [0.717, 1.165) is 5.56 Å². The number of aliphatic hydroxyl groups excluding tert-OH is 3. The van der Waals surface area contributed by atoms with Crippen molar-refractivity contribution in [3.63, 3.8) is 0 Å². The number of azide groups is 1. The van der Waals surface area contributed by atoms with Crippen molar-refractivity contribution < 1.29 is 15.3 Å². The molecular formula is C12H17N3O3. The van der Waals surface area contributed by atoms with Crippen molar-refractivity contribution in [2.45, 2.75) is 25.0 Å². The first-order chi connectivity index (χ1) is 8.69. The van der Waals surface area contributed by atoms with Gasteiger partial charge in [-0.3, -0.25) is 0 Å². The first kappa shape index (κ1) is 14.5. The first-order valence-corrected chi connectivity index (χ1v) is 5.75. The highest BCUT2D eigenvalue weighted by Crippen LogP contribution is 2.19. The van der Waals surface area contributed by atoms with Crippen LogP contribution in [0, 0.1) is 0 Å². The van der Waals surface area contributed by atoms with Gasteiger partial charge in [0.25, 0.3) is 0 Å². The molecule has 0 fully saturated rings. The molecule has 0 heterocycles. The largest absolute Gasteiger partial charge is 0.396 e. The van der Waals surface area contributed by atoms with E-state index in [1.165, 1.54) is 0 Å². The summed E-state index contributed by atoms with van der Waals surface area (Å²) in [5.74, 6) is 0. The van der Waals surface area contributed by atoms with Crippen LogP contribution in [0.15, 0.2) is 29.4 Å². The molecule has 6 nitrogen and oxygen atoms in total. The molecule has 98 valence electrons. The number of benzene rings is 1. The maximum atomic E-state index is 9.87. The van der Waals surface area contributed by atoms with Gasteiger partial charge >= 0.3 is 0 Å². The molecule has 6 heteroatoms. The Hall–Kier alpha value is -1.59. The standard InChI is InChI=1S/C12H17N3O3/c13-15-14-7-5-11(17)12(18)10-3-1-9(2-4-10)6-8-16/h1-4,11-12,16-18H,5-8H2. The lowest BCUT2D eigenvalue weighted by molar-refractivity contribution is 0.0150. The van der Waals surface area contributed by atoms with Crippen LogP contribution in [0.2, 0.25) is 0 Å². The number of aliphatic hydroxyl groups is 3. The van der Waals surface area contributed by atoms with E-state index in [1.54, 1.807) is 24.3 Å². The summed E-state index contributed by atoms with van der Waals surface area (Å²) in [5, 5.41) is 31.7. The van der Waals surface area contributed by atoms with E-state index in [1.807, 2.05) is 0 Å². The molecule has 1 aromatic rings. The molecular weight excluding hydrogens is 234 g/mol. The Morgan fingerprint density at radius 2 is 1.89 bits per heavy atom. The van der Waals surface area contributed by atoms with Crippen molar-refractivity contribution >= 4 is 0 Å². The Labute approximate surface area is 105 Å². The van der Waals surface area contributed by atoms with Gasteiger partial charge in [0.15, 0.2) is 0 Å². The van der Waals surface area contributed by atoms with Crippen molar-refractivity contribution in [2.24, 2.45) is 5.11 Å². The molecule has 18 heavy (non-hydrogen) atoms. The van der Waals surface area contributed by atoms with Gasteiger partial charge in [0, 0.05) is 18.1 Å². The molecule has 0 radical (unpaired) electrons. The van der Waals surface area contributed by atoms with Gasteiger partial charge in [-0.15, -0.1) is 0 Å². The maximum Gasteiger partial charge on any atom is 0.105 e. The SMILES string of the molecule is [N-]=[N+]=NCCC(O)C(O)c1ccc(CCO)cc1. The summed E-state index contributed by atoms with van der Waals surface area (Å²) in [7, 11) is 0. The summed E-state index contributed by atoms with van der Waals surface area (Å²) < 4.78 is 0. The fourth-order valence-corrected chi connectivity index (χ4v) is 1.63. The van der Waals surface area contributed by atoms with Crippen LogP contribution >= 0.6 is 0 Å². The van der Waals surface area contributed by atoms with Crippen LogP contribution in [0.5, 0.6) is 0 Å². The highest BCUT2D eigenvalue weighted by atomic mass is 16.3. The number of hydrogen-bond acceptors (Lipinski definition) is 4. The predicted octanol–water partition coefficient (Wildman–Crippen LogP) is 1.32. The molecule has 0 spiro atoms. The molecule has 0 amide bonds. The second kappa shape index (κ2) is 7.68. The molecule has 0 aliphatic rings. The van der Waals surface area contributed by atoms with Crippen LogP contribution in [-0.2, 0) is 6.42 Å². The van der Waals surface area contributed by atoms with Crippen LogP contribution in [0.3, 0.4) is 0 Å². The molecule has 0 aliphatic heterocycles. The van der Waals surface area contributed by atoms with Crippen molar-refractivity contribution in [1.29, 1.82) is 0 Å². The van der Waals surface area contributed by atoms with E-state index in [9.17, 15) is 10.2 Å². The Balaban J connectivity index is 2.59. The lowest BCUT2D eigenvalue weighted by atomic mass is 10.0. The zero-order valence-electron chi connectivity index (χ0n) is 9.98. The summed E-state index contributed by atoms with van der Waals surface area (Å²) in [6.07, 6.45) is -1.18. The molecule has 0 saturated heterocycles. The van der Waals surface area contributed by atoms with E-state index in [4.69, 9.17) is 10.6 Å². The predicted molar refractivity (Wildman–Crippen MR) is 66.8 cm³/mol. The molecule has 2 atom stereocenters. The molecule has 0 saturated carbocycles. The van der Waals surface area contributed by atoms with Crippen LogP contribution in [0.1, 0.15) is 23.7 Å². The minimum absolute atomic E-state index is 0.0800. The van der Waals surface area contributed by atoms with Gasteiger partial charge in [0.05, 0.1) is 6.10 Å². The minimum atomic E-state index is -0.998. The van der Waals surface area contributed by atoms with E-state index in [2.05, 4.69) is 10.0 Å². The highest BCUT2D eigenvalue weighted by molar-refractivity contribution is 5.24. The molecule has 0 aliphatic carbocycles. The van der Waals surface area contributed by atoms with Gasteiger partial charge in [-0.2, -0.15) is 0 Å². The number of rotatable bonds is 7. The monoisotopic (exact) mass is 251 g/mol. The zero-order valence-corrected chi connectivity index (χ0v) is 9.98. The van der Waals surface area contributed by atoms with Crippen molar-refractivity contribution in [2.75, 3.05) is 13.2 Å². The Kier molecular flexibility index (Phi) is 6.18. The number of nitrogens with zero attached hydrogens (tertiary/aromatic N) is 3. The second-order valence-corrected chi connectivity index (χ2v) is 3.97. The fraction of sp³-hybridized carbons (Fsp3) is 0.500. The minimum Gasteiger partial charge on any atom is -0.396 e. The molecule has 1 rings (SSSR count).